The van der Waals surface area contributed by atoms with Crippen molar-refractivity contribution < 1.29 is 31.1 Å². The van der Waals surface area contributed by atoms with E-state index >= 15 is 4.39 Å². The molecule has 200 valence electrons. The molecule has 2 aromatic heterocycles. The molecule has 1 aliphatic heterocycles. The number of carbonyl (C=O) groups is 1. The number of rotatable bonds is 7. The zero-order valence-corrected chi connectivity index (χ0v) is 21.7. The summed E-state index contributed by atoms with van der Waals surface area (Å²) in [5.41, 5.74) is -1.63. The predicted octanol–water partition coefficient (Wildman–Crippen LogP) is 4.53. The van der Waals surface area contributed by atoms with E-state index in [9.17, 15) is 26.8 Å². The fourth-order valence-corrected chi connectivity index (χ4v) is 6.50. The quantitative estimate of drug-likeness (QED) is 0.409. The smallest absolute Gasteiger partial charge is 0.334 e. The fourth-order valence-electron chi connectivity index (χ4n) is 4.69. The number of alkyl halides is 1. The zero-order valence-electron chi connectivity index (χ0n) is 20.9. The van der Waals surface area contributed by atoms with Crippen LogP contribution in [0.3, 0.4) is 0 Å². The molecule has 0 radical (unpaired) electrons. The lowest BCUT2D eigenvalue weighted by Crippen LogP contribution is -2.33. The number of ether oxygens (including phenoxy) is 1. The van der Waals surface area contributed by atoms with Gasteiger partial charge in [0.15, 0.2) is 11.6 Å². The van der Waals surface area contributed by atoms with Crippen LogP contribution in [-0.2, 0) is 9.84 Å². The van der Waals surface area contributed by atoms with Gasteiger partial charge in [0.2, 0.25) is 12.2 Å². The van der Waals surface area contributed by atoms with Crippen LogP contribution in [0.15, 0.2) is 29.2 Å². The summed E-state index contributed by atoms with van der Waals surface area (Å²) in [7, 11) is -3.14. The molecule has 1 fully saturated rings. The van der Waals surface area contributed by atoms with Gasteiger partial charge in [-0.1, -0.05) is 6.92 Å². The van der Waals surface area contributed by atoms with Crippen molar-refractivity contribution in [3.05, 3.63) is 52.1 Å². The van der Waals surface area contributed by atoms with E-state index in [1.807, 2.05) is 0 Å². The molecule has 8 nitrogen and oxygen atoms in total. The maximum absolute atomic E-state index is 15.3. The van der Waals surface area contributed by atoms with Crippen LogP contribution in [0.1, 0.15) is 63.4 Å². The van der Waals surface area contributed by atoms with Crippen LogP contribution in [0.2, 0.25) is 0 Å². The van der Waals surface area contributed by atoms with Crippen LogP contribution in [0, 0.1) is 17.0 Å². The van der Waals surface area contributed by atoms with Crippen LogP contribution < -0.4 is 10.4 Å². The van der Waals surface area contributed by atoms with Crippen LogP contribution in [0.5, 0.6) is 5.88 Å². The molecule has 1 aliphatic rings. The number of carbonyl (C=O) groups excluding carboxylic acids is 1. The zero-order chi connectivity index (χ0) is 27.3. The summed E-state index contributed by atoms with van der Waals surface area (Å²) in [6.45, 7) is 6.34. The lowest BCUT2D eigenvalue weighted by Gasteiger charge is -2.32. The summed E-state index contributed by atoms with van der Waals surface area (Å²) < 4.78 is 74.2. The Morgan fingerprint density at radius 2 is 1.76 bits per heavy atom. The normalized spacial score (nSPS) is 17.7. The highest BCUT2D eigenvalue weighted by Crippen LogP contribution is 2.37. The van der Waals surface area contributed by atoms with Crippen molar-refractivity contribution in [1.29, 1.82) is 0 Å². The molecule has 0 spiro atoms. The molecule has 4 rings (SSSR count). The van der Waals surface area contributed by atoms with Gasteiger partial charge in [-0.15, -0.1) is 0 Å². The van der Waals surface area contributed by atoms with E-state index < -0.39 is 50.8 Å². The average molecular weight is 540 g/mol. The summed E-state index contributed by atoms with van der Waals surface area (Å²) in [4.78, 5) is 30.2. The first kappa shape index (κ1) is 26.9. The van der Waals surface area contributed by atoms with E-state index in [0.29, 0.717) is 12.8 Å². The second kappa shape index (κ2) is 9.62. The van der Waals surface area contributed by atoms with Gasteiger partial charge in [0.05, 0.1) is 40.0 Å². The first-order chi connectivity index (χ1) is 17.2. The standard InChI is InChI=1S/C25H28F3N3O5S/c1-14(2)30-20-9-16(22(32)12-25(4)5-7-37(34,35)8-6-25)17(27)10-21(20)31(24(30)33)19-11-23(36-15(3)26)29-13-18(19)28/h9-11,13-15H,5-8,12H2,1-4H3. The maximum atomic E-state index is 15.3. The summed E-state index contributed by atoms with van der Waals surface area (Å²) in [6, 6.07) is 2.88. The molecule has 1 unspecified atom stereocenters. The molecular weight excluding hydrogens is 511 g/mol. The topological polar surface area (TPSA) is 100 Å². The maximum Gasteiger partial charge on any atom is 0.334 e. The summed E-state index contributed by atoms with van der Waals surface area (Å²) in [6.07, 6.45) is -0.435. The number of hydrogen-bond donors (Lipinski definition) is 0. The van der Waals surface area contributed by atoms with Crippen LogP contribution >= 0.6 is 0 Å². The Balaban J connectivity index is 1.83. The number of fused-ring (bicyclic) bond motifs is 1. The van der Waals surface area contributed by atoms with Crippen molar-refractivity contribution in [3.63, 3.8) is 0 Å². The Morgan fingerprint density at radius 1 is 1.11 bits per heavy atom. The second-order valence-electron chi connectivity index (χ2n) is 10.1. The van der Waals surface area contributed by atoms with Crippen molar-refractivity contribution in [3.8, 4) is 11.6 Å². The van der Waals surface area contributed by atoms with Crippen molar-refractivity contribution in [2.75, 3.05) is 11.5 Å². The lowest BCUT2D eigenvalue weighted by molar-refractivity contribution is 0.0807. The summed E-state index contributed by atoms with van der Waals surface area (Å²) in [5.74, 6) is -2.65. The third-order valence-electron chi connectivity index (χ3n) is 6.73. The molecule has 0 aliphatic carbocycles. The predicted molar refractivity (Wildman–Crippen MR) is 132 cm³/mol. The molecule has 3 aromatic rings. The van der Waals surface area contributed by atoms with Gasteiger partial charge >= 0.3 is 5.69 Å². The Labute approximate surface area is 212 Å². The van der Waals surface area contributed by atoms with Crippen molar-refractivity contribution >= 4 is 26.7 Å². The van der Waals surface area contributed by atoms with Crippen molar-refractivity contribution in [1.82, 2.24) is 14.1 Å². The highest BCUT2D eigenvalue weighted by Gasteiger charge is 2.36. The van der Waals surface area contributed by atoms with Gasteiger partial charge < -0.3 is 4.74 Å². The number of imidazole rings is 1. The first-order valence-corrected chi connectivity index (χ1v) is 13.7. The number of hydrogen-bond acceptors (Lipinski definition) is 6. The average Bonchev–Trinajstić information content (AvgIpc) is 3.07. The molecule has 37 heavy (non-hydrogen) atoms. The third kappa shape index (κ3) is 5.29. The van der Waals surface area contributed by atoms with Crippen LogP contribution in [0.25, 0.3) is 16.7 Å². The number of pyridine rings is 1. The van der Waals surface area contributed by atoms with Gasteiger partial charge in [0.25, 0.3) is 0 Å². The molecule has 1 aromatic carbocycles. The van der Waals surface area contributed by atoms with Gasteiger partial charge in [-0.05, 0) is 38.2 Å². The summed E-state index contributed by atoms with van der Waals surface area (Å²) >= 11 is 0. The van der Waals surface area contributed by atoms with Gasteiger partial charge in [-0.25, -0.2) is 31.4 Å². The van der Waals surface area contributed by atoms with Gasteiger partial charge in [0.1, 0.15) is 15.7 Å². The number of halogens is 3. The van der Waals surface area contributed by atoms with Crippen LogP contribution in [-0.4, -0.2) is 46.2 Å². The van der Waals surface area contributed by atoms with Crippen molar-refractivity contribution in [2.24, 2.45) is 5.41 Å². The Bertz CT molecular complexity index is 1530. The van der Waals surface area contributed by atoms with E-state index in [-0.39, 0.29) is 46.1 Å². The molecule has 0 amide bonds. The molecule has 0 bridgehead atoms. The molecule has 1 atom stereocenters. The van der Waals surface area contributed by atoms with E-state index in [1.54, 1.807) is 20.8 Å². The van der Waals surface area contributed by atoms with E-state index in [4.69, 9.17) is 4.74 Å². The minimum Gasteiger partial charge on any atom is -0.444 e. The molecule has 12 heteroatoms. The third-order valence-corrected chi connectivity index (χ3v) is 8.39. The van der Waals surface area contributed by atoms with E-state index in [1.165, 1.54) is 10.6 Å². The highest BCUT2D eigenvalue weighted by atomic mass is 32.2. The van der Waals surface area contributed by atoms with Gasteiger partial charge in [-0.3, -0.25) is 13.9 Å². The SMILES string of the molecule is CC(F)Oc1cc(-n2c(=O)n(C(C)C)c3cc(C(=O)CC4(C)CCS(=O)(=O)CC4)c(F)cc32)c(F)cn1. The fraction of sp³-hybridized carbons (Fsp3) is 0.480. The Morgan fingerprint density at radius 3 is 2.35 bits per heavy atom. The Hall–Kier alpha value is -3.15. The van der Waals surface area contributed by atoms with Crippen molar-refractivity contribution in [2.45, 2.75) is 59.4 Å². The number of aromatic nitrogens is 3. The second-order valence-corrected chi connectivity index (χ2v) is 12.4. The van der Waals surface area contributed by atoms with Gasteiger partial charge in [-0.2, -0.15) is 0 Å². The monoisotopic (exact) mass is 539 g/mol. The molecule has 0 saturated carbocycles. The van der Waals surface area contributed by atoms with E-state index in [0.717, 1.165) is 29.8 Å². The molecular formula is C25H28F3N3O5S. The number of benzene rings is 1. The molecule has 0 N–H and O–H groups in total. The van der Waals surface area contributed by atoms with E-state index in [2.05, 4.69) is 4.98 Å². The van der Waals surface area contributed by atoms with Gasteiger partial charge in [0, 0.05) is 31.5 Å². The molecule has 1 saturated heterocycles. The number of nitrogens with zero attached hydrogens (tertiary/aromatic N) is 3. The van der Waals surface area contributed by atoms with Crippen LogP contribution in [0.4, 0.5) is 13.2 Å². The first-order valence-electron chi connectivity index (χ1n) is 11.9. The number of ketones is 1. The minimum absolute atomic E-state index is 0.00654. The largest absolute Gasteiger partial charge is 0.444 e. The number of Topliss-reactive ketones (excluding diaryl/α,β-unsaturated/α-hetero) is 1. The Kier molecular flexibility index (Phi) is 7.00. The molecule has 3 heterocycles. The minimum atomic E-state index is -3.14. The summed E-state index contributed by atoms with van der Waals surface area (Å²) in [5, 5.41) is 0. The lowest BCUT2D eigenvalue weighted by atomic mass is 9.78. The number of sulfone groups is 1. The highest BCUT2D eigenvalue weighted by molar-refractivity contribution is 7.91.